The van der Waals surface area contributed by atoms with Crippen molar-refractivity contribution < 1.29 is 14.5 Å². The first-order valence-electron chi connectivity index (χ1n) is 5.33. The Kier molecular flexibility index (Phi) is 4.63. The molecule has 5 heteroatoms. The number of carbonyl (C=O) groups excluding carboxylic acids is 1. The molecule has 0 fully saturated rings. The molecule has 17 heavy (non-hydrogen) atoms. The van der Waals surface area contributed by atoms with E-state index in [-0.39, 0.29) is 24.0 Å². The molecule has 0 aliphatic rings. The van der Waals surface area contributed by atoms with Crippen molar-refractivity contribution in [2.75, 3.05) is 7.11 Å². The summed E-state index contributed by atoms with van der Waals surface area (Å²) < 4.78 is 4.56. The standard InChI is InChI=1S/C12H15NO4/c1-9(8-12(14)17-2)7-10-5-3-4-6-11(10)13(15)16/h3-6,9H,7-8H2,1-2H3. The average Bonchev–Trinajstić information content (AvgIpc) is 2.29. The van der Waals surface area contributed by atoms with Gasteiger partial charge in [-0.2, -0.15) is 0 Å². The van der Waals surface area contributed by atoms with Crippen LogP contribution in [0.25, 0.3) is 0 Å². The van der Waals surface area contributed by atoms with Gasteiger partial charge in [0.1, 0.15) is 0 Å². The first-order chi connectivity index (χ1) is 8.04. The Hall–Kier alpha value is -1.91. The van der Waals surface area contributed by atoms with E-state index >= 15 is 0 Å². The zero-order chi connectivity index (χ0) is 12.8. The summed E-state index contributed by atoms with van der Waals surface area (Å²) >= 11 is 0. The van der Waals surface area contributed by atoms with Gasteiger partial charge in [0.2, 0.25) is 0 Å². The zero-order valence-corrected chi connectivity index (χ0v) is 9.88. The first-order valence-corrected chi connectivity index (χ1v) is 5.33. The van der Waals surface area contributed by atoms with Crippen LogP contribution in [-0.2, 0) is 16.0 Å². The van der Waals surface area contributed by atoms with Crippen molar-refractivity contribution in [1.29, 1.82) is 0 Å². The van der Waals surface area contributed by atoms with Crippen molar-refractivity contribution in [2.45, 2.75) is 19.8 Å². The summed E-state index contributed by atoms with van der Waals surface area (Å²) in [5.74, 6) is -0.278. The number of hydrogen-bond donors (Lipinski definition) is 0. The average molecular weight is 237 g/mol. The van der Waals surface area contributed by atoms with E-state index in [4.69, 9.17) is 0 Å². The van der Waals surface area contributed by atoms with Crippen molar-refractivity contribution in [1.82, 2.24) is 0 Å². The lowest BCUT2D eigenvalue weighted by Gasteiger charge is -2.09. The molecule has 0 N–H and O–H groups in total. The second-order valence-electron chi connectivity index (χ2n) is 3.98. The van der Waals surface area contributed by atoms with Gasteiger partial charge in [0, 0.05) is 18.1 Å². The van der Waals surface area contributed by atoms with E-state index in [2.05, 4.69) is 4.74 Å². The quantitative estimate of drug-likeness (QED) is 0.447. The topological polar surface area (TPSA) is 69.4 Å². The molecule has 1 unspecified atom stereocenters. The third-order valence-electron chi connectivity index (χ3n) is 2.50. The largest absolute Gasteiger partial charge is 0.469 e. The lowest BCUT2D eigenvalue weighted by molar-refractivity contribution is -0.385. The Morgan fingerprint density at radius 1 is 1.47 bits per heavy atom. The van der Waals surface area contributed by atoms with Gasteiger partial charge >= 0.3 is 5.97 Å². The molecule has 0 saturated carbocycles. The minimum Gasteiger partial charge on any atom is -0.469 e. The van der Waals surface area contributed by atoms with Crippen molar-refractivity contribution in [3.05, 3.63) is 39.9 Å². The number of para-hydroxylation sites is 1. The molecule has 1 aromatic carbocycles. The Balaban J connectivity index is 2.74. The Bertz CT molecular complexity index is 417. The number of hydrogen-bond acceptors (Lipinski definition) is 4. The van der Waals surface area contributed by atoms with Crippen LogP contribution in [0.2, 0.25) is 0 Å². The van der Waals surface area contributed by atoms with E-state index < -0.39 is 4.92 Å². The fraction of sp³-hybridized carbons (Fsp3) is 0.417. The molecule has 0 radical (unpaired) electrons. The van der Waals surface area contributed by atoms with Gasteiger partial charge in [-0.05, 0) is 12.3 Å². The Morgan fingerprint density at radius 2 is 2.12 bits per heavy atom. The number of esters is 1. The van der Waals surface area contributed by atoms with Gasteiger partial charge in [0.25, 0.3) is 5.69 Å². The van der Waals surface area contributed by atoms with Gasteiger partial charge in [-0.1, -0.05) is 25.1 Å². The van der Waals surface area contributed by atoms with E-state index in [1.165, 1.54) is 13.2 Å². The Labute approximate surface area is 99.5 Å². The highest BCUT2D eigenvalue weighted by atomic mass is 16.6. The smallest absolute Gasteiger partial charge is 0.305 e. The molecular weight excluding hydrogens is 222 g/mol. The monoisotopic (exact) mass is 237 g/mol. The summed E-state index contributed by atoms with van der Waals surface area (Å²) in [4.78, 5) is 21.5. The second-order valence-corrected chi connectivity index (χ2v) is 3.98. The number of nitro benzene ring substituents is 1. The molecule has 1 rings (SSSR count). The fourth-order valence-corrected chi connectivity index (χ4v) is 1.68. The van der Waals surface area contributed by atoms with Gasteiger partial charge in [-0.3, -0.25) is 14.9 Å². The van der Waals surface area contributed by atoms with Crippen LogP contribution in [0.4, 0.5) is 5.69 Å². The molecule has 1 aromatic rings. The summed E-state index contributed by atoms with van der Waals surface area (Å²) in [6.45, 7) is 1.87. The number of nitro groups is 1. The molecular formula is C12H15NO4. The Morgan fingerprint density at radius 3 is 2.71 bits per heavy atom. The number of nitrogens with zero attached hydrogens (tertiary/aromatic N) is 1. The zero-order valence-electron chi connectivity index (χ0n) is 9.88. The maximum absolute atomic E-state index is 11.1. The van der Waals surface area contributed by atoms with Gasteiger partial charge in [-0.25, -0.2) is 0 Å². The highest BCUT2D eigenvalue weighted by Crippen LogP contribution is 2.22. The number of rotatable bonds is 5. The third-order valence-corrected chi connectivity index (χ3v) is 2.50. The molecule has 0 bridgehead atoms. The van der Waals surface area contributed by atoms with E-state index in [0.717, 1.165) is 0 Å². The summed E-state index contributed by atoms with van der Waals surface area (Å²) in [7, 11) is 1.33. The van der Waals surface area contributed by atoms with Crippen LogP contribution in [0.3, 0.4) is 0 Å². The molecule has 92 valence electrons. The summed E-state index contributed by atoms with van der Waals surface area (Å²) in [5, 5.41) is 10.8. The minimum absolute atomic E-state index is 0.0172. The number of ether oxygens (including phenoxy) is 1. The number of methoxy groups -OCH3 is 1. The first kappa shape index (κ1) is 13.2. The maximum atomic E-state index is 11.1. The van der Waals surface area contributed by atoms with E-state index in [9.17, 15) is 14.9 Å². The molecule has 0 aliphatic heterocycles. The van der Waals surface area contributed by atoms with Crippen molar-refractivity contribution in [3.63, 3.8) is 0 Å². The van der Waals surface area contributed by atoms with Gasteiger partial charge in [-0.15, -0.1) is 0 Å². The molecule has 0 spiro atoms. The third kappa shape index (κ3) is 3.86. The molecule has 0 heterocycles. The SMILES string of the molecule is COC(=O)CC(C)Cc1ccccc1[N+](=O)[O-]. The summed E-state index contributed by atoms with van der Waals surface area (Å²) in [5.41, 5.74) is 0.748. The molecule has 1 atom stereocenters. The molecule has 0 saturated heterocycles. The van der Waals surface area contributed by atoms with Crippen molar-refractivity contribution in [2.24, 2.45) is 5.92 Å². The van der Waals surface area contributed by atoms with Crippen LogP contribution >= 0.6 is 0 Å². The van der Waals surface area contributed by atoms with Crippen molar-refractivity contribution in [3.8, 4) is 0 Å². The van der Waals surface area contributed by atoms with Gasteiger partial charge < -0.3 is 4.74 Å². The molecule has 0 aromatic heterocycles. The summed E-state index contributed by atoms with van der Waals surface area (Å²) in [6.07, 6.45) is 0.759. The second kappa shape index (κ2) is 5.98. The van der Waals surface area contributed by atoms with E-state index in [1.54, 1.807) is 18.2 Å². The van der Waals surface area contributed by atoms with Crippen LogP contribution < -0.4 is 0 Å². The molecule has 0 aliphatic carbocycles. The lowest BCUT2D eigenvalue weighted by Crippen LogP contribution is -2.10. The predicted molar refractivity (Wildman–Crippen MR) is 62.6 cm³/mol. The van der Waals surface area contributed by atoms with Crippen LogP contribution in [0.5, 0.6) is 0 Å². The van der Waals surface area contributed by atoms with Crippen LogP contribution in [-0.4, -0.2) is 18.0 Å². The number of benzene rings is 1. The normalized spacial score (nSPS) is 11.9. The highest BCUT2D eigenvalue weighted by Gasteiger charge is 2.16. The van der Waals surface area contributed by atoms with Gasteiger partial charge in [0.05, 0.1) is 12.0 Å². The predicted octanol–water partition coefficient (Wildman–Crippen LogP) is 2.34. The van der Waals surface area contributed by atoms with Crippen LogP contribution in [0.15, 0.2) is 24.3 Å². The number of carbonyl (C=O) groups is 1. The maximum Gasteiger partial charge on any atom is 0.305 e. The van der Waals surface area contributed by atoms with Crippen LogP contribution in [0, 0.1) is 16.0 Å². The highest BCUT2D eigenvalue weighted by molar-refractivity contribution is 5.69. The summed E-state index contributed by atoms with van der Waals surface area (Å²) in [6, 6.07) is 6.58. The van der Waals surface area contributed by atoms with Crippen molar-refractivity contribution >= 4 is 11.7 Å². The molecule has 5 nitrogen and oxygen atoms in total. The molecule has 0 amide bonds. The minimum atomic E-state index is -0.403. The lowest BCUT2D eigenvalue weighted by atomic mass is 9.97. The van der Waals surface area contributed by atoms with Crippen LogP contribution in [0.1, 0.15) is 18.9 Å². The van der Waals surface area contributed by atoms with E-state index in [0.29, 0.717) is 12.0 Å². The fourth-order valence-electron chi connectivity index (χ4n) is 1.68. The van der Waals surface area contributed by atoms with E-state index in [1.807, 2.05) is 6.92 Å². The van der Waals surface area contributed by atoms with Gasteiger partial charge in [0.15, 0.2) is 0 Å².